The van der Waals surface area contributed by atoms with E-state index < -0.39 is 0 Å². The summed E-state index contributed by atoms with van der Waals surface area (Å²) in [5.74, 6) is 0.298. The van der Waals surface area contributed by atoms with E-state index in [9.17, 15) is 4.79 Å². The van der Waals surface area contributed by atoms with Crippen LogP contribution in [0.15, 0.2) is 42.6 Å². The lowest BCUT2D eigenvalue weighted by Crippen LogP contribution is -2.33. The second-order valence-corrected chi connectivity index (χ2v) is 6.19. The first-order valence-corrected chi connectivity index (χ1v) is 8.03. The lowest BCUT2D eigenvalue weighted by atomic mass is 9.97. The van der Waals surface area contributed by atoms with Crippen molar-refractivity contribution in [2.24, 2.45) is 5.92 Å². The van der Waals surface area contributed by atoms with Crippen LogP contribution in [0, 0.1) is 12.8 Å². The molecule has 0 aliphatic heterocycles. The van der Waals surface area contributed by atoms with E-state index in [4.69, 9.17) is 5.73 Å². The highest BCUT2D eigenvalue weighted by molar-refractivity contribution is 5.85. The third-order valence-corrected chi connectivity index (χ3v) is 4.00. The number of benzene rings is 1. The van der Waals surface area contributed by atoms with Crippen molar-refractivity contribution >= 4 is 36.4 Å². The van der Waals surface area contributed by atoms with Crippen LogP contribution in [-0.2, 0) is 11.2 Å². The fourth-order valence-electron chi connectivity index (χ4n) is 2.63. The number of carbonyl (C=O) groups excluding carboxylic acids is 1. The van der Waals surface area contributed by atoms with E-state index in [0.29, 0.717) is 12.8 Å². The van der Waals surface area contributed by atoms with Gasteiger partial charge in [0.25, 0.3) is 0 Å². The summed E-state index contributed by atoms with van der Waals surface area (Å²) in [6, 6.07) is 11.5. The molecule has 3 N–H and O–H groups in total. The van der Waals surface area contributed by atoms with Crippen LogP contribution >= 0.6 is 24.8 Å². The van der Waals surface area contributed by atoms with Gasteiger partial charge in [0, 0.05) is 18.3 Å². The molecular weight excluding hydrogens is 357 g/mol. The van der Waals surface area contributed by atoms with Crippen molar-refractivity contribution in [2.75, 3.05) is 5.73 Å². The Kier molecular flexibility index (Phi) is 10.2. The van der Waals surface area contributed by atoms with Crippen molar-refractivity contribution in [1.29, 1.82) is 0 Å². The predicted molar refractivity (Wildman–Crippen MR) is 108 cm³/mol. The zero-order valence-electron chi connectivity index (χ0n) is 14.9. The molecule has 0 bridgehead atoms. The fourth-order valence-corrected chi connectivity index (χ4v) is 2.63. The molecule has 0 saturated carbocycles. The average molecular weight is 384 g/mol. The summed E-state index contributed by atoms with van der Waals surface area (Å²) in [6.45, 7) is 6.21. The summed E-state index contributed by atoms with van der Waals surface area (Å²) in [5, 5.41) is 3.12. The number of amides is 1. The quantitative estimate of drug-likeness (QED) is 0.732. The molecule has 0 aliphatic rings. The van der Waals surface area contributed by atoms with E-state index in [1.807, 2.05) is 43.3 Å². The summed E-state index contributed by atoms with van der Waals surface area (Å²) >= 11 is 0. The first-order chi connectivity index (χ1) is 11.0. The number of hydrogen-bond donors (Lipinski definition) is 2. The molecule has 0 saturated heterocycles. The van der Waals surface area contributed by atoms with Gasteiger partial charge < -0.3 is 11.1 Å². The number of nitrogen functional groups attached to an aromatic ring is 1. The van der Waals surface area contributed by atoms with Crippen molar-refractivity contribution in [3.05, 3.63) is 59.4 Å². The molecule has 1 amide bonds. The van der Waals surface area contributed by atoms with E-state index in [1.165, 1.54) is 0 Å². The Bertz CT molecular complexity index is 677. The summed E-state index contributed by atoms with van der Waals surface area (Å²) in [4.78, 5) is 16.8. The maximum Gasteiger partial charge on any atom is 0.220 e. The van der Waals surface area contributed by atoms with Gasteiger partial charge in [-0.3, -0.25) is 9.78 Å². The highest BCUT2D eigenvalue weighted by Crippen LogP contribution is 2.23. The highest BCUT2D eigenvalue weighted by Gasteiger charge is 2.21. The summed E-state index contributed by atoms with van der Waals surface area (Å²) in [6.07, 6.45) is 2.84. The van der Waals surface area contributed by atoms with Gasteiger partial charge in [-0.15, -0.1) is 24.8 Å². The first kappa shape index (κ1) is 23.2. The van der Waals surface area contributed by atoms with Crippen LogP contribution in [0.5, 0.6) is 0 Å². The van der Waals surface area contributed by atoms with Gasteiger partial charge in [0.1, 0.15) is 0 Å². The number of pyridine rings is 1. The Morgan fingerprint density at radius 1 is 1.16 bits per heavy atom. The molecule has 138 valence electrons. The Morgan fingerprint density at radius 3 is 2.44 bits per heavy atom. The molecule has 1 aromatic carbocycles. The number of nitrogens with zero attached hydrogens (tertiary/aromatic N) is 1. The third kappa shape index (κ3) is 6.56. The van der Waals surface area contributed by atoms with Crippen LogP contribution in [0.2, 0.25) is 0 Å². The van der Waals surface area contributed by atoms with Crippen LogP contribution in [0.4, 0.5) is 5.69 Å². The second kappa shape index (κ2) is 11.0. The van der Waals surface area contributed by atoms with Gasteiger partial charge in [-0.05, 0) is 42.5 Å². The van der Waals surface area contributed by atoms with Crippen LogP contribution < -0.4 is 11.1 Å². The number of hydrogen-bond acceptors (Lipinski definition) is 3. The Morgan fingerprint density at radius 2 is 1.84 bits per heavy atom. The Balaban J connectivity index is 0.00000288. The fraction of sp³-hybridized carbons (Fsp3) is 0.368. The zero-order chi connectivity index (χ0) is 16.8. The van der Waals surface area contributed by atoms with Crippen LogP contribution in [0.1, 0.15) is 43.1 Å². The van der Waals surface area contributed by atoms with Crippen molar-refractivity contribution < 1.29 is 4.79 Å². The molecule has 0 radical (unpaired) electrons. The number of halogens is 2. The monoisotopic (exact) mass is 383 g/mol. The van der Waals surface area contributed by atoms with E-state index in [1.54, 1.807) is 6.20 Å². The number of nitrogens with two attached hydrogens (primary N) is 1. The molecule has 1 atom stereocenters. The van der Waals surface area contributed by atoms with Crippen molar-refractivity contribution in [2.45, 2.75) is 39.7 Å². The number of nitrogens with one attached hydrogen (secondary N) is 1. The molecular formula is C19H27Cl2N3O. The smallest absolute Gasteiger partial charge is 0.220 e. The molecule has 0 fully saturated rings. The van der Waals surface area contributed by atoms with E-state index in [-0.39, 0.29) is 42.7 Å². The molecule has 4 nitrogen and oxygen atoms in total. The van der Waals surface area contributed by atoms with E-state index in [0.717, 1.165) is 22.5 Å². The van der Waals surface area contributed by atoms with Crippen molar-refractivity contribution in [3.63, 3.8) is 0 Å². The highest BCUT2D eigenvalue weighted by atomic mass is 35.5. The van der Waals surface area contributed by atoms with Crippen LogP contribution in [-0.4, -0.2) is 10.9 Å². The number of anilines is 1. The summed E-state index contributed by atoms with van der Waals surface area (Å²) in [7, 11) is 0. The lowest BCUT2D eigenvalue weighted by molar-refractivity contribution is -0.122. The minimum atomic E-state index is -0.0724. The van der Waals surface area contributed by atoms with E-state index in [2.05, 4.69) is 24.1 Å². The van der Waals surface area contributed by atoms with Gasteiger partial charge in [0.2, 0.25) is 5.91 Å². The van der Waals surface area contributed by atoms with Gasteiger partial charge >= 0.3 is 0 Å². The molecule has 0 spiro atoms. The Hall–Kier alpha value is -1.78. The van der Waals surface area contributed by atoms with Gasteiger partial charge in [-0.25, -0.2) is 0 Å². The van der Waals surface area contributed by atoms with Crippen molar-refractivity contribution in [3.8, 4) is 0 Å². The zero-order valence-corrected chi connectivity index (χ0v) is 16.5. The number of carbonyl (C=O) groups is 1. The normalized spacial score (nSPS) is 11.2. The number of para-hydroxylation sites is 1. The molecule has 2 aromatic rings. The van der Waals surface area contributed by atoms with Crippen LogP contribution in [0.3, 0.4) is 0 Å². The molecule has 1 heterocycles. The summed E-state index contributed by atoms with van der Waals surface area (Å²) in [5.41, 5.74) is 9.71. The molecule has 2 rings (SSSR count). The molecule has 25 heavy (non-hydrogen) atoms. The average Bonchev–Trinajstić information content (AvgIpc) is 2.52. The number of aryl methyl sites for hydroxylation is 2. The molecule has 6 heteroatoms. The van der Waals surface area contributed by atoms with E-state index >= 15 is 0 Å². The maximum absolute atomic E-state index is 12.3. The van der Waals surface area contributed by atoms with Gasteiger partial charge in [-0.1, -0.05) is 38.1 Å². The lowest BCUT2D eigenvalue weighted by Gasteiger charge is -2.23. The SMILES string of the molecule is Cc1cccnc1C(NC(=O)CCc1ccccc1N)C(C)C.Cl.Cl. The number of aromatic nitrogens is 1. The van der Waals surface area contributed by atoms with Crippen molar-refractivity contribution in [1.82, 2.24) is 10.3 Å². The minimum absolute atomic E-state index is 0. The second-order valence-electron chi connectivity index (χ2n) is 6.19. The third-order valence-electron chi connectivity index (χ3n) is 4.00. The summed E-state index contributed by atoms with van der Waals surface area (Å²) < 4.78 is 0. The molecule has 0 aliphatic carbocycles. The van der Waals surface area contributed by atoms with Crippen LogP contribution in [0.25, 0.3) is 0 Å². The predicted octanol–water partition coefficient (Wildman–Crippen LogP) is 4.26. The minimum Gasteiger partial charge on any atom is -0.399 e. The topological polar surface area (TPSA) is 68.0 Å². The standard InChI is InChI=1S/C19H25N3O.2ClH/c1-13(2)18(19-14(3)7-6-12-21-19)22-17(23)11-10-15-8-4-5-9-16(15)20;;/h4-9,12-13,18H,10-11,20H2,1-3H3,(H,22,23);2*1H. The number of rotatable bonds is 6. The van der Waals surface area contributed by atoms with Gasteiger partial charge in [0.15, 0.2) is 0 Å². The largest absolute Gasteiger partial charge is 0.399 e. The molecule has 1 unspecified atom stereocenters. The van der Waals surface area contributed by atoms with Gasteiger partial charge in [-0.2, -0.15) is 0 Å². The Labute approximate surface area is 162 Å². The first-order valence-electron chi connectivity index (χ1n) is 8.03. The molecule has 1 aromatic heterocycles. The maximum atomic E-state index is 12.3. The van der Waals surface area contributed by atoms with Gasteiger partial charge in [0.05, 0.1) is 11.7 Å².